The molecule has 1 aromatic carbocycles. The van der Waals surface area contributed by atoms with Crippen molar-refractivity contribution in [1.29, 1.82) is 0 Å². The Hall–Kier alpha value is -1.57. The Bertz CT molecular complexity index is 644. The van der Waals surface area contributed by atoms with Crippen molar-refractivity contribution in [2.45, 2.75) is 0 Å². The first-order chi connectivity index (χ1) is 9.38. The molecular formula is C12H7ClNO4S2-. The van der Waals surface area contributed by atoms with E-state index in [-0.39, 0.29) is 15.0 Å². The fourth-order valence-corrected chi connectivity index (χ4v) is 2.97. The standard InChI is InChI=1S/C12H8ClNO4S2/c13-7-1-2-8(15)6(3-7)4-9-11(18)14(5-10(16)17)12(19)20-9/h1-4,15H,5H2,(H,16,17)/p-1/b9-4+. The van der Waals surface area contributed by atoms with Crippen molar-refractivity contribution < 1.29 is 19.8 Å². The number of phenols is 1. The number of benzene rings is 1. The van der Waals surface area contributed by atoms with E-state index < -0.39 is 18.4 Å². The number of amides is 1. The van der Waals surface area contributed by atoms with Gasteiger partial charge in [0, 0.05) is 10.6 Å². The first-order valence-corrected chi connectivity index (χ1v) is 6.92. The average Bonchev–Trinajstić information content (AvgIpc) is 2.61. The van der Waals surface area contributed by atoms with Crippen LogP contribution in [0.5, 0.6) is 5.75 Å². The highest BCUT2D eigenvalue weighted by molar-refractivity contribution is 8.26. The topological polar surface area (TPSA) is 80.7 Å². The molecule has 0 radical (unpaired) electrons. The number of hydrogen-bond acceptors (Lipinski definition) is 6. The Balaban J connectivity index is 2.32. The number of carboxylic acids is 1. The molecule has 1 amide bonds. The van der Waals surface area contributed by atoms with Gasteiger partial charge >= 0.3 is 0 Å². The number of thioether (sulfide) groups is 1. The summed E-state index contributed by atoms with van der Waals surface area (Å²) in [6.07, 6.45) is 1.41. The van der Waals surface area contributed by atoms with E-state index in [1.807, 2.05) is 0 Å². The van der Waals surface area contributed by atoms with Crippen LogP contribution in [0.15, 0.2) is 23.1 Å². The first-order valence-electron chi connectivity index (χ1n) is 5.32. The van der Waals surface area contributed by atoms with Crippen molar-refractivity contribution >= 4 is 57.9 Å². The van der Waals surface area contributed by atoms with Gasteiger partial charge < -0.3 is 15.0 Å². The van der Waals surface area contributed by atoms with E-state index in [2.05, 4.69) is 0 Å². The number of aliphatic carboxylic acids is 1. The third-order valence-electron chi connectivity index (χ3n) is 2.44. The van der Waals surface area contributed by atoms with Crippen LogP contribution >= 0.6 is 35.6 Å². The lowest BCUT2D eigenvalue weighted by Crippen LogP contribution is -2.40. The van der Waals surface area contributed by atoms with Crippen LogP contribution in [0.1, 0.15) is 5.56 Å². The van der Waals surface area contributed by atoms with Crippen molar-refractivity contribution in [1.82, 2.24) is 4.90 Å². The molecule has 0 atom stereocenters. The molecule has 1 heterocycles. The lowest BCUT2D eigenvalue weighted by atomic mass is 10.2. The molecule has 104 valence electrons. The van der Waals surface area contributed by atoms with Crippen molar-refractivity contribution in [3.05, 3.63) is 33.7 Å². The molecule has 0 saturated carbocycles. The molecule has 5 nitrogen and oxygen atoms in total. The van der Waals surface area contributed by atoms with E-state index in [4.69, 9.17) is 23.8 Å². The van der Waals surface area contributed by atoms with E-state index >= 15 is 0 Å². The second-order valence-corrected chi connectivity index (χ2v) is 5.96. The van der Waals surface area contributed by atoms with Gasteiger partial charge in [-0.3, -0.25) is 9.69 Å². The number of carbonyl (C=O) groups is 2. The maximum absolute atomic E-state index is 12.0. The van der Waals surface area contributed by atoms with Gasteiger partial charge in [-0.1, -0.05) is 35.6 Å². The zero-order valence-electron chi connectivity index (χ0n) is 9.83. The molecule has 1 saturated heterocycles. The third kappa shape index (κ3) is 3.12. The van der Waals surface area contributed by atoms with Crippen molar-refractivity contribution in [3.8, 4) is 5.75 Å². The summed E-state index contributed by atoms with van der Waals surface area (Å²) in [4.78, 5) is 23.7. The van der Waals surface area contributed by atoms with Crippen LogP contribution in [0.3, 0.4) is 0 Å². The molecule has 1 aliphatic heterocycles. The van der Waals surface area contributed by atoms with Crippen LogP contribution in [0, 0.1) is 0 Å². The van der Waals surface area contributed by atoms with Crippen LogP contribution in [-0.2, 0) is 9.59 Å². The number of carboxylic acid groups (broad SMARTS) is 1. The Morgan fingerprint density at radius 2 is 2.25 bits per heavy atom. The highest BCUT2D eigenvalue weighted by Crippen LogP contribution is 2.34. The van der Waals surface area contributed by atoms with Gasteiger partial charge in [0.25, 0.3) is 5.91 Å². The van der Waals surface area contributed by atoms with Gasteiger partial charge in [0.2, 0.25) is 0 Å². The van der Waals surface area contributed by atoms with Gasteiger partial charge in [0.05, 0.1) is 17.4 Å². The van der Waals surface area contributed by atoms with Gasteiger partial charge in [-0.05, 0) is 24.3 Å². The quantitative estimate of drug-likeness (QED) is 0.658. The highest BCUT2D eigenvalue weighted by atomic mass is 35.5. The molecule has 0 aromatic heterocycles. The van der Waals surface area contributed by atoms with E-state index in [9.17, 15) is 19.8 Å². The van der Waals surface area contributed by atoms with Crippen LogP contribution in [0.25, 0.3) is 6.08 Å². The van der Waals surface area contributed by atoms with Gasteiger partial charge in [-0.25, -0.2) is 0 Å². The minimum atomic E-state index is -1.40. The van der Waals surface area contributed by atoms with Crippen molar-refractivity contribution in [2.24, 2.45) is 0 Å². The van der Waals surface area contributed by atoms with Crippen LogP contribution < -0.4 is 5.11 Å². The second-order valence-electron chi connectivity index (χ2n) is 3.84. The number of carbonyl (C=O) groups excluding carboxylic acids is 2. The predicted octanol–water partition coefficient (Wildman–Crippen LogP) is 0.997. The van der Waals surface area contributed by atoms with E-state index in [1.54, 1.807) is 0 Å². The zero-order chi connectivity index (χ0) is 14.9. The SMILES string of the molecule is O=C([O-])CN1C(=O)/C(=C\c2cc(Cl)ccc2O)SC1=S. The monoisotopic (exact) mass is 328 g/mol. The van der Waals surface area contributed by atoms with E-state index in [0.717, 1.165) is 16.7 Å². The smallest absolute Gasteiger partial charge is 0.266 e. The summed E-state index contributed by atoms with van der Waals surface area (Å²) < 4.78 is 0.131. The van der Waals surface area contributed by atoms with Crippen molar-refractivity contribution in [2.75, 3.05) is 6.54 Å². The summed E-state index contributed by atoms with van der Waals surface area (Å²) in [5.74, 6) is -1.98. The Kier molecular flexibility index (Phi) is 4.32. The number of halogens is 1. The molecule has 1 aliphatic rings. The molecule has 0 aliphatic carbocycles. The third-order valence-corrected chi connectivity index (χ3v) is 4.05. The molecule has 1 N–H and O–H groups in total. The van der Waals surface area contributed by atoms with E-state index in [1.165, 1.54) is 24.3 Å². The molecule has 1 aromatic rings. The van der Waals surface area contributed by atoms with Gasteiger partial charge in [0.15, 0.2) is 0 Å². The maximum atomic E-state index is 12.0. The number of phenolic OH excluding ortho intramolecular Hbond substituents is 1. The Morgan fingerprint density at radius 3 is 2.90 bits per heavy atom. The van der Waals surface area contributed by atoms with Crippen LogP contribution in [0.2, 0.25) is 5.02 Å². The molecule has 20 heavy (non-hydrogen) atoms. The van der Waals surface area contributed by atoms with Crippen LogP contribution in [0.4, 0.5) is 0 Å². The predicted molar refractivity (Wildman–Crippen MR) is 78.0 cm³/mol. The number of aromatic hydroxyl groups is 1. The number of rotatable bonds is 3. The fourth-order valence-electron chi connectivity index (χ4n) is 1.55. The minimum absolute atomic E-state index is 0.0421. The van der Waals surface area contributed by atoms with E-state index in [0.29, 0.717) is 10.6 Å². The van der Waals surface area contributed by atoms with Crippen LogP contribution in [-0.4, -0.2) is 32.7 Å². The van der Waals surface area contributed by atoms with Gasteiger partial charge in [-0.15, -0.1) is 0 Å². The molecule has 2 rings (SSSR count). The Labute approximate surface area is 128 Å². The fraction of sp³-hybridized carbons (Fsp3) is 0.0833. The molecule has 8 heteroatoms. The van der Waals surface area contributed by atoms with Gasteiger partial charge in [-0.2, -0.15) is 0 Å². The molecule has 1 fully saturated rings. The summed E-state index contributed by atoms with van der Waals surface area (Å²) in [7, 11) is 0. The summed E-state index contributed by atoms with van der Waals surface area (Å²) in [5, 5.41) is 20.6. The largest absolute Gasteiger partial charge is 0.548 e. The molecule has 0 unspecified atom stereocenters. The average molecular weight is 329 g/mol. The zero-order valence-corrected chi connectivity index (χ0v) is 12.2. The second kappa shape index (κ2) is 5.82. The lowest BCUT2D eigenvalue weighted by Gasteiger charge is -2.14. The molecular weight excluding hydrogens is 322 g/mol. The number of thiocarbonyl (C=S) groups is 1. The van der Waals surface area contributed by atoms with Crippen molar-refractivity contribution in [3.63, 3.8) is 0 Å². The molecule has 0 spiro atoms. The summed E-state index contributed by atoms with van der Waals surface area (Å²) >= 11 is 11.7. The summed E-state index contributed by atoms with van der Waals surface area (Å²) in [5.41, 5.74) is 0.353. The summed E-state index contributed by atoms with van der Waals surface area (Å²) in [6, 6.07) is 4.40. The first kappa shape index (κ1) is 14.8. The number of hydrogen-bond donors (Lipinski definition) is 1. The Morgan fingerprint density at radius 1 is 1.55 bits per heavy atom. The summed E-state index contributed by atoms with van der Waals surface area (Å²) in [6.45, 7) is -0.594. The lowest BCUT2D eigenvalue weighted by molar-refractivity contribution is -0.305. The maximum Gasteiger partial charge on any atom is 0.266 e. The minimum Gasteiger partial charge on any atom is -0.548 e. The molecule has 0 bridgehead atoms. The highest BCUT2D eigenvalue weighted by Gasteiger charge is 2.32. The normalized spacial score (nSPS) is 17.1. The van der Waals surface area contributed by atoms with Gasteiger partial charge in [0.1, 0.15) is 10.1 Å². The number of nitrogens with zero attached hydrogens (tertiary/aromatic N) is 1.